The molecule has 3 rings (SSSR count). The van der Waals surface area contributed by atoms with Crippen molar-refractivity contribution < 1.29 is 58.4 Å². The first-order valence-corrected chi connectivity index (χ1v) is 17.4. The van der Waals surface area contributed by atoms with Gasteiger partial charge in [0.15, 0.2) is 6.29 Å². The number of esters is 1. The van der Waals surface area contributed by atoms with Crippen LogP contribution >= 0.6 is 0 Å². The SMILES string of the molecule is CC[C@H]1OC(=O)[C@H](C)[C@@H](C2C[C@@](C)(OC)[C@@H](O)[C@H](C)O2)[C@H](C)[C@@H](O[C@@H]2O[C@H](C)C=C[C@H]2O)[C@](C)(OC)C[C@@H](C)C(=O)[C@H](C)[C@@H](O)[C@]1(C)O. The maximum atomic E-state index is 14.2. The molecule has 4 N–H and O–H groups in total. The number of ketones is 1. The lowest BCUT2D eigenvalue weighted by Gasteiger charge is -2.51. The summed E-state index contributed by atoms with van der Waals surface area (Å²) in [5.41, 5.74) is -4.14. The van der Waals surface area contributed by atoms with Crippen molar-refractivity contribution >= 4 is 11.8 Å². The molecule has 0 aromatic rings. The third-order valence-electron chi connectivity index (χ3n) is 11.6. The average Bonchev–Trinajstić information content (AvgIpc) is 3.04. The van der Waals surface area contributed by atoms with E-state index in [2.05, 4.69) is 0 Å². The van der Waals surface area contributed by atoms with E-state index in [4.69, 9.17) is 28.4 Å². The van der Waals surface area contributed by atoms with Gasteiger partial charge in [-0.15, -0.1) is 0 Å². The van der Waals surface area contributed by atoms with Crippen molar-refractivity contribution in [2.45, 2.75) is 160 Å². The summed E-state index contributed by atoms with van der Waals surface area (Å²) < 4.78 is 37.2. The Kier molecular flexibility index (Phi) is 13.5. The van der Waals surface area contributed by atoms with Crippen LogP contribution in [0.2, 0.25) is 0 Å². The molecule has 12 heteroatoms. The van der Waals surface area contributed by atoms with Gasteiger partial charge in [0.2, 0.25) is 0 Å². The molecule has 17 atom stereocenters. The molecule has 3 aliphatic heterocycles. The van der Waals surface area contributed by atoms with Crippen LogP contribution in [-0.4, -0.2) is 118 Å². The summed E-state index contributed by atoms with van der Waals surface area (Å²) in [5.74, 6) is -4.70. The smallest absolute Gasteiger partial charge is 0.309 e. The number of aliphatic hydroxyl groups is 4. The van der Waals surface area contributed by atoms with E-state index < -0.39 is 101 Å². The minimum atomic E-state index is -1.94. The first-order valence-electron chi connectivity index (χ1n) is 17.4. The fourth-order valence-corrected chi connectivity index (χ4v) is 8.29. The van der Waals surface area contributed by atoms with E-state index in [0.29, 0.717) is 0 Å². The fourth-order valence-electron chi connectivity index (χ4n) is 8.29. The van der Waals surface area contributed by atoms with Crippen molar-refractivity contribution in [3.63, 3.8) is 0 Å². The summed E-state index contributed by atoms with van der Waals surface area (Å²) in [6.07, 6.45) is -4.45. The Bertz CT molecular complexity index is 1130. The van der Waals surface area contributed by atoms with Crippen LogP contribution in [-0.2, 0) is 38.0 Å². The molecule has 278 valence electrons. The van der Waals surface area contributed by atoms with Gasteiger partial charge in [-0.1, -0.05) is 46.8 Å². The Morgan fingerprint density at radius 3 is 2.02 bits per heavy atom. The second-order valence-electron chi connectivity index (χ2n) is 15.2. The molecule has 3 heterocycles. The van der Waals surface area contributed by atoms with E-state index in [1.807, 2.05) is 20.8 Å². The van der Waals surface area contributed by atoms with Crippen LogP contribution in [0.1, 0.15) is 88.5 Å². The zero-order valence-electron chi connectivity index (χ0n) is 30.9. The lowest BCUT2D eigenvalue weighted by Crippen LogP contribution is -2.61. The van der Waals surface area contributed by atoms with Crippen LogP contribution in [0.5, 0.6) is 0 Å². The Morgan fingerprint density at radius 2 is 1.46 bits per heavy atom. The molecule has 0 bridgehead atoms. The number of hydrogen-bond acceptors (Lipinski definition) is 12. The van der Waals surface area contributed by atoms with Gasteiger partial charge in [-0.2, -0.15) is 0 Å². The maximum Gasteiger partial charge on any atom is 0.309 e. The molecule has 2 saturated heterocycles. The molecule has 0 amide bonds. The van der Waals surface area contributed by atoms with E-state index in [0.717, 1.165) is 0 Å². The lowest BCUT2D eigenvalue weighted by atomic mass is 9.67. The molecule has 0 spiro atoms. The lowest BCUT2D eigenvalue weighted by molar-refractivity contribution is -0.279. The van der Waals surface area contributed by atoms with E-state index in [9.17, 15) is 30.0 Å². The highest BCUT2D eigenvalue weighted by molar-refractivity contribution is 5.83. The van der Waals surface area contributed by atoms with Gasteiger partial charge in [-0.25, -0.2) is 0 Å². The zero-order valence-corrected chi connectivity index (χ0v) is 30.9. The number of ether oxygens (including phenoxy) is 6. The number of rotatable bonds is 6. The number of cyclic esters (lactones) is 1. The molecule has 0 aromatic heterocycles. The third-order valence-corrected chi connectivity index (χ3v) is 11.6. The standard InChI is InChI=1S/C36H62O12/c1-13-26-36(10,42)29(39)22(6)28(38)18(2)16-35(9,44-12)31(48-33-24(37)15-14-19(3)45-33)20(4)27(21(5)32(41)47-26)25-17-34(8,43-11)30(40)23(7)46-25/h14-15,18-27,29-31,33,37,39-40,42H,13,16-17H2,1-12H3/t18-,19-,20+,21-,22+,23+,24-,25?,26-,27+,29-,30+,31-,33+,34-,35-,36-/m1/s1. The number of carbonyl (C=O) groups excluding carboxylic acids is 2. The highest BCUT2D eigenvalue weighted by Crippen LogP contribution is 2.45. The van der Waals surface area contributed by atoms with Crippen LogP contribution < -0.4 is 0 Å². The van der Waals surface area contributed by atoms with Crippen molar-refractivity contribution in [3.8, 4) is 0 Å². The quantitative estimate of drug-likeness (QED) is 0.238. The third kappa shape index (κ3) is 8.18. The molecule has 0 radical (unpaired) electrons. The summed E-state index contributed by atoms with van der Waals surface area (Å²) in [6, 6.07) is 0. The van der Waals surface area contributed by atoms with E-state index in [-0.39, 0.29) is 31.1 Å². The summed E-state index contributed by atoms with van der Waals surface area (Å²) in [4.78, 5) is 28.1. The molecule has 3 aliphatic rings. The summed E-state index contributed by atoms with van der Waals surface area (Å²) in [5, 5.41) is 45.0. The predicted molar refractivity (Wildman–Crippen MR) is 177 cm³/mol. The Morgan fingerprint density at radius 1 is 0.854 bits per heavy atom. The van der Waals surface area contributed by atoms with E-state index >= 15 is 0 Å². The van der Waals surface area contributed by atoms with Crippen LogP contribution in [0.3, 0.4) is 0 Å². The van der Waals surface area contributed by atoms with Crippen molar-refractivity contribution in [3.05, 3.63) is 12.2 Å². The maximum absolute atomic E-state index is 14.2. The Balaban J connectivity index is 2.26. The van der Waals surface area contributed by atoms with Crippen LogP contribution in [0.25, 0.3) is 0 Å². The molecular formula is C36H62O12. The Hall–Kier alpha value is -1.48. The summed E-state index contributed by atoms with van der Waals surface area (Å²) in [7, 11) is 3.04. The molecule has 0 aromatic carbocycles. The van der Waals surface area contributed by atoms with Gasteiger partial charge in [0.1, 0.15) is 29.7 Å². The topological polar surface area (TPSA) is 170 Å². The van der Waals surface area contributed by atoms with Crippen molar-refractivity contribution in [2.24, 2.45) is 29.6 Å². The second-order valence-corrected chi connectivity index (χ2v) is 15.2. The van der Waals surface area contributed by atoms with Crippen molar-refractivity contribution in [2.75, 3.05) is 14.2 Å². The van der Waals surface area contributed by atoms with Gasteiger partial charge < -0.3 is 48.8 Å². The molecule has 0 aliphatic carbocycles. The minimum absolute atomic E-state index is 0.143. The molecule has 48 heavy (non-hydrogen) atoms. The molecule has 1 unspecified atom stereocenters. The fraction of sp³-hybridized carbons (Fsp3) is 0.889. The number of carbonyl (C=O) groups is 2. The summed E-state index contributed by atoms with van der Waals surface area (Å²) in [6.45, 7) is 17.2. The van der Waals surface area contributed by atoms with Gasteiger partial charge in [0.25, 0.3) is 0 Å². The van der Waals surface area contributed by atoms with Gasteiger partial charge in [-0.05, 0) is 53.4 Å². The molecular weight excluding hydrogens is 624 g/mol. The number of aliphatic hydroxyl groups excluding tert-OH is 3. The highest BCUT2D eigenvalue weighted by atomic mass is 16.7. The molecule has 2 fully saturated rings. The average molecular weight is 687 g/mol. The normalized spacial score (nSPS) is 50.1. The monoisotopic (exact) mass is 686 g/mol. The zero-order chi connectivity index (χ0) is 36.5. The largest absolute Gasteiger partial charge is 0.459 e. The predicted octanol–water partition coefficient (Wildman–Crippen LogP) is 2.95. The highest BCUT2D eigenvalue weighted by Gasteiger charge is 2.55. The second kappa shape index (κ2) is 15.8. The van der Waals surface area contributed by atoms with E-state index in [1.54, 1.807) is 53.7 Å². The number of methoxy groups -OCH3 is 2. The number of Topliss-reactive ketones (excluding diaryl/α,β-unsaturated/α-hetero) is 1. The van der Waals surface area contributed by atoms with Gasteiger partial charge >= 0.3 is 5.97 Å². The summed E-state index contributed by atoms with van der Waals surface area (Å²) >= 11 is 0. The van der Waals surface area contributed by atoms with Gasteiger partial charge in [0, 0.05) is 38.4 Å². The Labute approximate surface area is 286 Å². The van der Waals surface area contributed by atoms with Gasteiger partial charge in [0.05, 0.1) is 47.6 Å². The first kappa shape index (κ1) is 40.9. The van der Waals surface area contributed by atoms with Crippen molar-refractivity contribution in [1.29, 1.82) is 0 Å². The number of hydrogen-bond donors (Lipinski definition) is 4. The van der Waals surface area contributed by atoms with Crippen LogP contribution in [0, 0.1) is 29.6 Å². The molecule has 0 saturated carbocycles. The first-order chi connectivity index (χ1) is 22.2. The van der Waals surface area contributed by atoms with Crippen molar-refractivity contribution in [1.82, 2.24) is 0 Å². The van der Waals surface area contributed by atoms with Crippen LogP contribution in [0.4, 0.5) is 0 Å². The van der Waals surface area contributed by atoms with Gasteiger partial charge in [-0.3, -0.25) is 9.59 Å². The minimum Gasteiger partial charge on any atom is -0.459 e. The van der Waals surface area contributed by atoms with E-state index in [1.165, 1.54) is 21.1 Å². The van der Waals surface area contributed by atoms with Crippen LogP contribution in [0.15, 0.2) is 12.2 Å². The molecule has 12 nitrogen and oxygen atoms in total.